The van der Waals surface area contributed by atoms with E-state index in [2.05, 4.69) is 5.32 Å². The summed E-state index contributed by atoms with van der Waals surface area (Å²) in [4.78, 5) is 12.5. The number of halogens is 1. The SMILES string of the molecule is Cc1ccccc1C(=S)NC(=O)C1=CN(Cl)CC=C1. The third-order valence-corrected chi connectivity index (χ3v) is 3.29. The number of benzene rings is 1. The van der Waals surface area contributed by atoms with E-state index in [4.69, 9.17) is 24.0 Å². The Morgan fingerprint density at radius 2 is 2.16 bits per heavy atom. The second kappa shape index (κ2) is 5.99. The highest BCUT2D eigenvalue weighted by Gasteiger charge is 2.14. The van der Waals surface area contributed by atoms with Gasteiger partial charge in [0.1, 0.15) is 4.99 Å². The van der Waals surface area contributed by atoms with Crippen molar-refractivity contribution in [1.29, 1.82) is 0 Å². The normalized spacial score (nSPS) is 14.0. The second-order valence-electron chi connectivity index (χ2n) is 4.17. The number of carbonyl (C=O) groups is 1. The quantitative estimate of drug-likeness (QED) is 0.672. The average Bonchev–Trinajstić information content (AvgIpc) is 2.39. The first kappa shape index (κ1) is 13.8. The van der Waals surface area contributed by atoms with E-state index >= 15 is 0 Å². The molecule has 0 atom stereocenters. The Labute approximate surface area is 122 Å². The summed E-state index contributed by atoms with van der Waals surface area (Å²) in [5.41, 5.74) is 2.37. The first-order chi connectivity index (χ1) is 9.08. The van der Waals surface area contributed by atoms with Crippen LogP contribution in [0.1, 0.15) is 11.1 Å². The second-order valence-corrected chi connectivity index (χ2v) is 5.01. The molecule has 1 aliphatic heterocycles. The van der Waals surface area contributed by atoms with Crippen molar-refractivity contribution in [3.05, 3.63) is 59.3 Å². The molecule has 1 amide bonds. The zero-order valence-electron chi connectivity index (χ0n) is 10.4. The maximum atomic E-state index is 12.0. The van der Waals surface area contributed by atoms with Crippen LogP contribution in [0.3, 0.4) is 0 Å². The van der Waals surface area contributed by atoms with Crippen molar-refractivity contribution in [2.45, 2.75) is 6.92 Å². The van der Waals surface area contributed by atoms with E-state index in [1.807, 2.05) is 37.3 Å². The average molecular weight is 293 g/mol. The van der Waals surface area contributed by atoms with Gasteiger partial charge in [-0.25, -0.2) is 0 Å². The van der Waals surface area contributed by atoms with Gasteiger partial charge in [-0.1, -0.05) is 48.6 Å². The van der Waals surface area contributed by atoms with E-state index in [9.17, 15) is 4.79 Å². The summed E-state index contributed by atoms with van der Waals surface area (Å²) in [6, 6.07) is 7.66. The summed E-state index contributed by atoms with van der Waals surface area (Å²) < 4.78 is 1.42. The van der Waals surface area contributed by atoms with Gasteiger partial charge in [-0.05, 0) is 12.5 Å². The first-order valence-electron chi connectivity index (χ1n) is 5.80. The Balaban J connectivity index is 2.10. The summed E-state index contributed by atoms with van der Waals surface area (Å²) >= 11 is 11.1. The Hall–Kier alpha value is -1.65. The molecule has 2 rings (SSSR count). The van der Waals surface area contributed by atoms with Gasteiger partial charge in [-0.3, -0.25) is 9.21 Å². The fourth-order valence-electron chi connectivity index (χ4n) is 1.73. The molecule has 0 radical (unpaired) electrons. The molecule has 1 heterocycles. The Morgan fingerprint density at radius 3 is 2.84 bits per heavy atom. The van der Waals surface area contributed by atoms with Crippen LogP contribution in [0.25, 0.3) is 0 Å². The molecule has 0 aromatic heterocycles. The smallest absolute Gasteiger partial charge is 0.257 e. The molecule has 1 aromatic rings. The molecule has 5 heteroatoms. The molecule has 1 N–H and O–H groups in total. The molecule has 0 saturated heterocycles. The summed E-state index contributed by atoms with van der Waals surface area (Å²) in [6.07, 6.45) is 5.13. The largest absolute Gasteiger partial charge is 0.312 e. The van der Waals surface area contributed by atoms with Crippen molar-refractivity contribution in [1.82, 2.24) is 9.74 Å². The number of thiocarbonyl (C=S) groups is 1. The molecular formula is C14H13ClN2OS. The number of rotatable bonds is 2. The van der Waals surface area contributed by atoms with Gasteiger partial charge in [0.2, 0.25) is 0 Å². The molecule has 19 heavy (non-hydrogen) atoms. The van der Waals surface area contributed by atoms with Crippen LogP contribution in [0.5, 0.6) is 0 Å². The summed E-state index contributed by atoms with van der Waals surface area (Å²) in [5.74, 6) is -0.255. The fraction of sp³-hybridized carbons (Fsp3) is 0.143. The Kier molecular flexibility index (Phi) is 4.35. The number of hydrogen-bond acceptors (Lipinski definition) is 3. The van der Waals surface area contributed by atoms with E-state index in [-0.39, 0.29) is 5.91 Å². The topological polar surface area (TPSA) is 32.3 Å². The molecule has 0 saturated carbocycles. The Morgan fingerprint density at radius 1 is 1.42 bits per heavy atom. The van der Waals surface area contributed by atoms with Crippen LogP contribution in [0.4, 0.5) is 0 Å². The molecule has 1 aliphatic rings. The predicted molar refractivity (Wildman–Crippen MR) is 80.8 cm³/mol. The van der Waals surface area contributed by atoms with Crippen molar-refractivity contribution >= 4 is 34.9 Å². The predicted octanol–water partition coefficient (Wildman–Crippen LogP) is 2.70. The summed E-state index contributed by atoms with van der Waals surface area (Å²) in [6.45, 7) is 2.54. The van der Waals surface area contributed by atoms with Gasteiger partial charge < -0.3 is 5.32 Å². The number of nitrogens with zero attached hydrogens (tertiary/aromatic N) is 1. The van der Waals surface area contributed by atoms with Gasteiger partial charge in [0.25, 0.3) is 5.91 Å². The number of amides is 1. The molecule has 0 fully saturated rings. The van der Waals surface area contributed by atoms with E-state index in [1.165, 1.54) is 4.42 Å². The monoisotopic (exact) mass is 292 g/mol. The molecule has 3 nitrogen and oxygen atoms in total. The van der Waals surface area contributed by atoms with Gasteiger partial charge in [0.15, 0.2) is 0 Å². The zero-order valence-corrected chi connectivity index (χ0v) is 12.0. The molecule has 1 aromatic carbocycles. The Bertz CT molecular complexity index is 581. The molecule has 98 valence electrons. The lowest BCUT2D eigenvalue weighted by molar-refractivity contribution is -0.115. The van der Waals surface area contributed by atoms with E-state index < -0.39 is 0 Å². The minimum absolute atomic E-state index is 0.255. The van der Waals surface area contributed by atoms with Gasteiger partial charge in [-0.15, -0.1) is 0 Å². The van der Waals surface area contributed by atoms with Crippen LogP contribution in [0, 0.1) is 6.92 Å². The van der Waals surface area contributed by atoms with Crippen LogP contribution in [-0.4, -0.2) is 21.9 Å². The van der Waals surface area contributed by atoms with Crippen molar-refractivity contribution in [2.24, 2.45) is 0 Å². The molecule has 0 aliphatic carbocycles. The van der Waals surface area contributed by atoms with Crippen LogP contribution in [0.15, 0.2) is 48.2 Å². The maximum absolute atomic E-state index is 12.0. The third kappa shape index (κ3) is 3.43. The standard InChI is InChI=1S/C14H13ClN2OS/c1-10-5-2-3-7-12(10)14(19)16-13(18)11-6-4-8-17(15)9-11/h2-7,9H,8H2,1H3,(H,16,18,19). The zero-order chi connectivity index (χ0) is 13.8. The maximum Gasteiger partial charge on any atom is 0.257 e. The summed E-state index contributed by atoms with van der Waals surface area (Å²) in [5, 5.41) is 2.71. The van der Waals surface area contributed by atoms with Crippen LogP contribution < -0.4 is 5.32 Å². The first-order valence-corrected chi connectivity index (χ1v) is 6.54. The van der Waals surface area contributed by atoms with Crippen LogP contribution >= 0.6 is 24.0 Å². The van der Waals surface area contributed by atoms with Crippen molar-refractivity contribution in [2.75, 3.05) is 6.54 Å². The number of nitrogens with one attached hydrogen (secondary N) is 1. The van der Waals surface area contributed by atoms with E-state index in [0.717, 1.165) is 11.1 Å². The van der Waals surface area contributed by atoms with Crippen LogP contribution in [-0.2, 0) is 4.79 Å². The molecular weight excluding hydrogens is 280 g/mol. The third-order valence-electron chi connectivity index (χ3n) is 2.74. The van der Waals surface area contributed by atoms with Gasteiger partial charge in [0, 0.05) is 23.5 Å². The van der Waals surface area contributed by atoms with Crippen molar-refractivity contribution in [3.63, 3.8) is 0 Å². The van der Waals surface area contributed by atoms with E-state index in [0.29, 0.717) is 17.1 Å². The molecule has 0 bridgehead atoms. The number of carbonyl (C=O) groups excluding carboxylic acids is 1. The highest BCUT2D eigenvalue weighted by Crippen LogP contribution is 2.11. The number of hydrogen-bond donors (Lipinski definition) is 1. The minimum atomic E-state index is -0.255. The lowest BCUT2D eigenvalue weighted by Crippen LogP contribution is -2.32. The minimum Gasteiger partial charge on any atom is -0.312 e. The van der Waals surface area contributed by atoms with Gasteiger partial charge in [-0.2, -0.15) is 0 Å². The van der Waals surface area contributed by atoms with Crippen LogP contribution in [0.2, 0.25) is 0 Å². The van der Waals surface area contributed by atoms with Gasteiger partial charge in [0.05, 0.1) is 12.1 Å². The lowest BCUT2D eigenvalue weighted by atomic mass is 10.1. The lowest BCUT2D eigenvalue weighted by Gasteiger charge is -2.15. The van der Waals surface area contributed by atoms with Gasteiger partial charge >= 0.3 is 0 Å². The summed E-state index contributed by atoms with van der Waals surface area (Å²) in [7, 11) is 0. The highest BCUT2D eigenvalue weighted by molar-refractivity contribution is 7.80. The van der Waals surface area contributed by atoms with Crippen molar-refractivity contribution in [3.8, 4) is 0 Å². The molecule has 0 spiro atoms. The fourth-order valence-corrected chi connectivity index (χ4v) is 2.24. The number of aryl methyl sites for hydroxylation is 1. The van der Waals surface area contributed by atoms with Crippen molar-refractivity contribution < 1.29 is 4.79 Å². The highest BCUT2D eigenvalue weighted by atomic mass is 35.5. The molecule has 0 unspecified atom stereocenters. The van der Waals surface area contributed by atoms with E-state index in [1.54, 1.807) is 12.3 Å².